The first-order valence-corrected chi connectivity index (χ1v) is 10.5. The monoisotopic (exact) mass is 496 g/mol. The van der Waals surface area contributed by atoms with E-state index in [1.807, 2.05) is 4.72 Å². The maximum atomic E-state index is 12.7. The van der Waals surface area contributed by atoms with Crippen molar-refractivity contribution < 1.29 is 49.4 Å². The minimum absolute atomic E-state index is 0.0901. The first-order chi connectivity index (χ1) is 15.4. The van der Waals surface area contributed by atoms with Crippen LogP contribution < -0.4 is 14.8 Å². The van der Waals surface area contributed by atoms with Gasteiger partial charge in [0.05, 0.1) is 22.6 Å². The lowest BCUT2D eigenvalue weighted by Gasteiger charge is -2.12. The van der Waals surface area contributed by atoms with Crippen molar-refractivity contribution in [2.45, 2.75) is 24.1 Å². The maximum absolute atomic E-state index is 12.7. The van der Waals surface area contributed by atoms with Crippen LogP contribution in [-0.4, -0.2) is 40.1 Å². The Morgan fingerprint density at radius 3 is 2.39 bits per heavy atom. The van der Waals surface area contributed by atoms with Crippen molar-refractivity contribution in [3.63, 3.8) is 0 Å². The van der Waals surface area contributed by atoms with E-state index in [1.54, 1.807) is 0 Å². The molecule has 1 amide bonds. The van der Waals surface area contributed by atoms with Gasteiger partial charge in [0.1, 0.15) is 5.75 Å². The normalized spacial score (nSPS) is 11.8. The Balaban J connectivity index is 1.82. The van der Waals surface area contributed by atoms with Gasteiger partial charge >= 0.3 is 18.8 Å². The van der Waals surface area contributed by atoms with Gasteiger partial charge in [0.15, 0.2) is 6.61 Å². The first-order valence-electron chi connectivity index (χ1n) is 9.05. The van der Waals surface area contributed by atoms with Gasteiger partial charge in [-0.25, -0.2) is 13.1 Å². The number of amides is 1. The SMILES string of the molecule is O=C(COC(=O)CCNS(=O)(=O)c1cccc(C(F)(F)F)c1)Nc1ccccc1OC(F)F. The Kier molecular flexibility index (Phi) is 8.70. The highest BCUT2D eigenvalue weighted by atomic mass is 32.2. The number of nitrogens with one attached hydrogen (secondary N) is 2. The number of para-hydroxylation sites is 2. The summed E-state index contributed by atoms with van der Waals surface area (Å²) in [4.78, 5) is 22.9. The second-order valence-corrected chi connectivity index (χ2v) is 8.02. The Morgan fingerprint density at radius 2 is 1.73 bits per heavy atom. The van der Waals surface area contributed by atoms with Crippen molar-refractivity contribution in [2.24, 2.45) is 0 Å². The number of rotatable bonds is 10. The van der Waals surface area contributed by atoms with Crippen LogP contribution in [-0.2, 0) is 30.5 Å². The first kappa shape index (κ1) is 26.0. The summed E-state index contributed by atoms with van der Waals surface area (Å²) in [7, 11) is -4.34. The minimum Gasteiger partial charge on any atom is -0.456 e. The van der Waals surface area contributed by atoms with Gasteiger partial charge in [-0.3, -0.25) is 9.59 Å². The fourth-order valence-electron chi connectivity index (χ4n) is 2.38. The summed E-state index contributed by atoms with van der Waals surface area (Å²) in [5, 5.41) is 2.21. The summed E-state index contributed by atoms with van der Waals surface area (Å²) in [5.41, 5.74) is -1.25. The molecule has 2 aromatic carbocycles. The number of esters is 1. The fraction of sp³-hybridized carbons (Fsp3) is 0.263. The number of benzene rings is 2. The van der Waals surface area contributed by atoms with E-state index in [9.17, 15) is 40.0 Å². The van der Waals surface area contributed by atoms with E-state index in [1.165, 1.54) is 24.3 Å². The molecule has 0 atom stereocenters. The van der Waals surface area contributed by atoms with Crippen LogP contribution in [0.3, 0.4) is 0 Å². The number of ether oxygens (including phenoxy) is 2. The lowest BCUT2D eigenvalue weighted by Crippen LogP contribution is -2.28. The maximum Gasteiger partial charge on any atom is 0.416 e. The average molecular weight is 496 g/mol. The molecule has 0 aliphatic heterocycles. The molecule has 0 bridgehead atoms. The number of carbonyl (C=O) groups is 2. The van der Waals surface area contributed by atoms with E-state index in [-0.39, 0.29) is 11.4 Å². The van der Waals surface area contributed by atoms with Gasteiger partial charge in [-0.05, 0) is 30.3 Å². The number of halogens is 5. The standard InChI is InChI=1S/C19H17F5N2O6S/c20-18(21)32-15-7-2-1-6-14(15)26-16(27)11-31-17(28)8-9-25-33(29,30)13-5-3-4-12(10-13)19(22,23)24/h1-7,10,18,25H,8-9,11H2,(H,26,27). The Morgan fingerprint density at radius 1 is 1.03 bits per heavy atom. The van der Waals surface area contributed by atoms with Gasteiger partial charge in [-0.15, -0.1) is 0 Å². The second kappa shape index (κ2) is 11.0. The van der Waals surface area contributed by atoms with Crippen LogP contribution in [0.5, 0.6) is 5.75 Å². The van der Waals surface area contributed by atoms with Crippen LogP contribution in [0.25, 0.3) is 0 Å². The molecular weight excluding hydrogens is 479 g/mol. The zero-order chi connectivity index (χ0) is 24.6. The lowest BCUT2D eigenvalue weighted by atomic mass is 10.2. The van der Waals surface area contributed by atoms with Crippen molar-refractivity contribution in [1.29, 1.82) is 0 Å². The molecule has 0 saturated heterocycles. The van der Waals surface area contributed by atoms with E-state index in [0.717, 1.165) is 12.1 Å². The molecule has 2 aromatic rings. The number of sulfonamides is 1. The van der Waals surface area contributed by atoms with Gasteiger partial charge in [0, 0.05) is 6.54 Å². The van der Waals surface area contributed by atoms with Crippen LogP contribution in [0.1, 0.15) is 12.0 Å². The number of hydrogen-bond donors (Lipinski definition) is 2. The van der Waals surface area contributed by atoms with Crippen LogP contribution >= 0.6 is 0 Å². The smallest absolute Gasteiger partial charge is 0.416 e. The minimum atomic E-state index is -4.73. The van der Waals surface area contributed by atoms with Crippen molar-refractivity contribution in [3.05, 3.63) is 54.1 Å². The van der Waals surface area contributed by atoms with Crippen molar-refractivity contribution in [2.75, 3.05) is 18.5 Å². The van der Waals surface area contributed by atoms with E-state index in [4.69, 9.17) is 0 Å². The van der Waals surface area contributed by atoms with Crippen molar-refractivity contribution in [1.82, 2.24) is 4.72 Å². The summed E-state index contributed by atoms with van der Waals surface area (Å²) in [6.07, 6.45) is -5.27. The molecule has 33 heavy (non-hydrogen) atoms. The number of anilines is 1. The van der Waals surface area contributed by atoms with Gasteiger partial charge in [-0.2, -0.15) is 22.0 Å². The highest BCUT2D eigenvalue weighted by Crippen LogP contribution is 2.30. The fourth-order valence-corrected chi connectivity index (χ4v) is 3.46. The molecule has 0 aromatic heterocycles. The van der Waals surface area contributed by atoms with Crippen molar-refractivity contribution >= 4 is 27.6 Å². The van der Waals surface area contributed by atoms with Gasteiger partial charge in [-0.1, -0.05) is 18.2 Å². The van der Waals surface area contributed by atoms with E-state index < -0.39 is 64.7 Å². The van der Waals surface area contributed by atoms with Crippen molar-refractivity contribution in [3.8, 4) is 5.75 Å². The number of hydrogen-bond acceptors (Lipinski definition) is 6. The molecule has 180 valence electrons. The Labute approximate surface area is 184 Å². The molecule has 0 aliphatic rings. The molecule has 2 N–H and O–H groups in total. The third kappa shape index (κ3) is 8.31. The second-order valence-electron chi connectivity index (χ2n) is 6.26. The van der Waals surface area contributed by atoms with E-state index >= 15 is 0 Å². The van der Waals surface area contributed by atoms with Gasteiger partial charge in [0.2, 0.25) is 10.0 Å². The van der Waals surface area contributed by atoms with Crippen LogP contribution in [0.15, 0.2) is 53.4 Å². The summed E-state index contributed by atoms with van der Waals surface area (Å²) in [6.45, 7) is -4.44. The molecule has 0 heterocycles. The highest BCUT2D eigenvalue weighted by molar-refractivity contribution is 7.89. The number of carbonyl (C=O) groups excluding carboxylic acids is 2. The predicted octanol–water partition coefficient (Wildman–Crippen LogP) is 3.16. The quantitative estimate of drug-likeness (QED) is 0.386. The van der Waals surface area contributed by atoms with Crippen LogP contribution in [0.4, 0.5) is 27.6 Å². The molecular formula is C19H17F5N2O6S. The summed E-state index contributed by atoms with van der Waals surface area (Å²) in [5.74, 6) is -2.18. The molecule has 8 nitrogen and oxygen atoms in total. The topological polar surface area (TPSA) is 111 Å². The van der Waals surface area contributed by atoms with E-state index in [2.05, 4.69) is 14.8 Å². The summed E-state index contributed by atoms with van der Waals surface area (Å²) in [6, 6.07) is 8.33. The molecule has 14 heteroatoms. The zero-order valence-electron chi connectivity index (χ0n) is 16.6. The lowest BCUT2D eigenvalue weighted by molar-refractivity contribution is -0.147. The Bertz CT molecular complexity index is 1090. The van der Waals surface area contributed by atoms with E-state index in [0.29, 0.717) is 12.1 Å². The van der Waals surface area contributed by atoms with Crippen LogP contribution in [0, 0.1) is 0 Å². The molecule has 0 fully saturated rings. The number of alkyl halides is 5. The van der Waals surface area contributed by atoms with Gasteiger partial charge in [0.25, 0.3) is 5.91 Å². The zero-order valence-corrected chi connectivity index (χ0v) is 17.4. The third-order valence-electron chi connectivity index (χ3n) is 3.83. The molecule has 0 saturated carbocycles. The molecule has 0 radical (unpaired) electrons. The predicted molar refractivity (Wildman–Crippen MR) is 104 cm³/mol. The molecule has 0 spiro atoms. The Hall–Kier alpha value is -3.26. The largest absolute Gasteiger partial charge is 0.456 e. The molecule has 0 aliphatic carbocycles. The average Bonchev–Trinajstić information content (AvgIpc) is 2.73. The van der Waals surface area contributed by atoms with Gasteiger partial charge < -0.3 is 14.8 Å². The third-order valence-corrected chi connectivity index (χ3v) is 5.29. The highest BCUT2D eigenvalue weighted by Gasteiger charge is 2.31. The summed E-state index contributed by atoms with van der Waals surface area (Å²) >= 11 is 0. The van der Waals surface area contributed by atoms with Crippen LogP contribution in [0.2, 0.25) is 0 Å². The molecule has 0 unspecified atom stereocenters. The molecule has 2 rings (SSSR count). The summed E-state index contributed by atoms with van der Waals surface area (Å²) < 4.78 is 98.0.